The first-order chi connectivity index (χ1) is 14.9. The van der Waals surface area contributed by atoms with Gasteiger partial charge in [-0.15, -0.1) is 10.2 Å². The second-order valence-electron chi connectivity index (χ2n) is 7.26. The van der Waals surface area contributed by atoms with E-state index in [1.54, 1.807) is 7.11 Å². The van der Waals surface area contributed by atoms with Gasteiger partial charge in [0.25, 0.3) is 0 Å². The van der Waals surface area contributed by atoms with Gasteiger partial charge in [-0.2, -0.15) is 13.2 Å². The minimum absolute atomic E-state index is 0.0958. The highest BCUT2D eigenvalue weighted by Crippen LogP contribution is 2.32. The van der Waals surface area contributed by atoms with Crippen LogP contribution in [-0.4, -0.2) is 34.6 Å². The first-order valence-electron chi connectivity index (χ1n) is 9.92. The van der Waals surface area contributed by atoms with Crippen LogP contribution in [0.5, 0.6) is 5.75 Å². The smallest absolute Gasteiger partial charge is 0.416 e. The lowest BCUT2D eigenvalue weighted by molar-refractivity contribution is -0.137. The third kappa shape index (κ3) is 5.22. The lowest BCUT2D eigenvalue weighted by Crippen LogP contribution is -2.16. The second-order valence-corrected chi connectivity index (χ2v) is 8.21. The Morgan fingerprint density at radius 2 is 1.84 bits per heavy atom. The van der Waals surface area contributed by atoms with E-state index in [0.717, 1.165) is 54.3 Å². The Labute approximate surface area is 182 Å². The van der Waals surface area contributed by atoms with Crippen LogP contribution in [0.3, 0.4) is 0 Å². The Bertz CT molecular complexity index is 998. The van der Waals surface area contributed by atoms with Gasteiger partial charge in [-0.3, -0.25) is 4.57 Å². The Balaban J connectivity index is 1.55. The van der Waals surface area contributed by atoms with Crippen LogP contribution in [0, 0.1) is 0 Å². The summed E-state index contributed by atoms with van der Waals surface area (Å²) < 4.78 is 51.4. The standard InChI is InChI=1S/C22H22F3N3O2S/c1-29-18-10-6-16(7-11-18)20-26-27-21(28(20)13-19-3-2-12-30-19)31-14-15-4-8-17(9-5-15)22(23,24)25/h4-11,19H,2-3,12-14H2,1H3. The number of aromatic nitrogens is 3. The average molecular weight is 449 g/mol. The van der Waals surface area contributed by atoms with Crippen molar-refractivity contribution in [2.24, 2.45) is 0 Å². The number of rotatable bonds is 7. The van der Waals surface area contributed by atoms with Crippen LogP contribution in [0.15, 0.2) is 53.7 Å². The van der Waals surface area contributed by atoms with Crippen molar-refractivity contribution in [3.8, 4) is 17.1 Å². The van der Waals surface area contributed by atoms with E-state index in [1.165, 1.54) is 23.9 Å². The highest BCUT2D eigenvalue weighted by atomic mass is 32.2. The molecule has 4 rings (SSSR count). The summed E-state index contributed by atoms with van der Waals surface area (Å²) in [5, 5.41) is 9.46. The minimum atomic E-state index is -4.33. The van der Waals surface area contributed by atoms with Gasteiger partial charge in [-0.05, 0) is 54.8 Å². The molecule has 164 valence electrons. The van der Waals surface area contributed by atoms with Crippen LogP contribution >= 0.6 is 11.8 Å². The molecular formula is C22H22F3N3O2S. The van der Waals surface area contributed by atoms with E-state index in [9.17, 15) is 13.2 Å². The molecular weight excluding hydrogens is 427 g/mol. The van der Waals surface area contributed by atoms with Crippen molar-refractivity contribution < 1.29 is 22.6 Å². The molecule has 0 spiro atoms. The van der Waals surface area contributed by atoms with Crippen LogP contribution < -0.4 is 4.74 Å². The number of alkyl halides is 3. The molecule has 3 aromatic rings. The number of thioether (sulfide) groups is 1. The molecule has 1 unspecified atom stereocenters. The second kappa shape index (κ2) is 9.32. The van der Waals surface area contributed by atoms with E-state index < -0.39 is 11.7 Å². The molecule has 2 aromatic carbocycles. The van der Waals surface area contributed by atoms with Crippen molar-refractivity contribution in [3.63, 3.8) is 0 Å². The van der Waals surface area contributed by atoms with Crippen molar-refractivity contribution in [2.75, 3.05) is 13.7 Å². The molecule has 1 aliphatic heterocycles. The first-order valence-corrected chi connectivity index (χ1v) is 10.9. The third-order valence-electron chi connectivity index (χ3n) is 5.12. The average Bonchev–Trinajstić information content (AvgIpc) is 3.42. The molecule has 0 saturated carbocycles. The molecule has 0 aliphatic carbocycles. The van der Waals surface area contributed by atoms with Crippen LogP contribution in [0.4, 0.5) is 13.2 Å². The number of hydrogen-bond acceptors (Lipinski definition) is 5. The molecule has 0 amide bonds. The van der Waals surface area contributed by atoms with Gasteiger partial charge in [0.2, 0.25) is 0 Å². The number of benzene rings is 2. The zero-order valence-corrected chi connectivity index (χ0v) is 17.7. The highest BCUT2D eigenvalue weighted by molar-refractivity contribution is 7.98. The van der Waals surface area contributed by atoms with Crippen LogP contribution in [0.25, 0.3) is 11.4 Å². The van der Waals surface area contributed by atoms with Gasteiger partial charge in [0.15, 0.2) is 11.0 Å². The normalized spacial score (nSPS) is 16.6. The van der Waals surface area contributed by atoms with E-state index in [1.807, 2.05) is 28.8 Å². The summed E-state index contributed by atoms with van der Waals surface area (Å²) in [6.07, 6.45) is -2.24. The SMILES string of the molecule is COc1ccc(-c2nnc(SCc3ccc(C(F)(F)F)cc3)n2CC2CCCO2)cc1. The van der Waals surface area contributed by atoms with Crippen LogP contribution in [0.1, 0.15) is 24.0 Å². The maximum Gasteiger partial charge on any atom is 0.416 e. The molecule has 0 N–H and O–H groups in total. The summed E-state index contributed by atoms with van der Waals surface area (Å²) in [5.74, 6) is 1.98. The van der Waals surface area contributed by atoms with Crippen molar-refractivity contribution in [1.29, 1.82) is 0 Å². The molecule has 1 atom stereocenters. The summed E-state index contributed by atoms with van der Waals surface area (Å²) >= 11 is 1.45. The van der Waals surface area contributed by atoms with E-state index >= 15 is 0 Å². The van der Waals surface area contributed by atoms with E-state index in [2.05, 4.69) is 10.2 Å². The van der Waals surface area contributed by atoms with E-state index in [4.69, 9.17) is 9.47 Å². The van der Waals surface area contributed by atoms with Gasteiger partial charge in [0.1, 0.15) is 5.75 Å². The van der Waals surface area contributed by atoms with E-state index in [0.29, 0.717) is 17.5 Å². The molecule has 1 aromatic heterocycles. The van der Waals surface area contributed by atoms with Crippen molar-refractivity contribution in [1.82, 2.24) is 14.8 Å². The Kier molecular flexibility index (Phi) is 6.52. The van der Waals surface area contributed by atoms with Gasteiger partial charge < -0.3 is 9.47 Å². The number of hydrogen-bond donors (Lipinski definition) is 0. The van der Waals surface area contributed by atoms with Crippen molar-refractivity contribution in [2.45, 2.75) is 42.6 Å². The fourth-order valence-corrected chi connectivity index (χ4v) is 4.35. The molecule has 0 radical (unpaired) electrons. The maximum absolute atomic E-state index is 12.8. The monoisotopic (exact) mass is 449 g/mol. The molecule has 0 bridgehead atoms. The fourth-order valence-electron chi connectivity index (χ4n) is 3.44. The summed E-state index contributed by atoms with van der Waals surface area (Å²) in [5.41, 5.74) is 1.05. The summed E-state index contributed by atoms with van der Waals surface area (Å²) in [6.45, 7) is 1.38. The lowest BCUT2D eigenvalue weighted by atomic mass is 10.1. The number of ether oxygens (including phenoxy) is 2. The third-order valence-corrected chi connectivity index (χ3v) is 6.16. The van der Waals surface area contributed by atoms with Crippen molar-refractivity contribution >= 4 is 11.8 Å². The first kappa shape index (κ1) is 21.7. The molecule has 2 heterocycles. The predicted molar refractivity (Wildman–Crippen MR) is 112 cm³/mol. The molecule has 31 heavy (non-hydrogen) atoms. The lowest BCUT2D eigenvalue weighted by Gasteiger charge is -2.15. The predicted octanol–water partition coefficient (Wildman–Crippen LogP) is 5.44. The van der Waals surface area contributed by atoms with Gasteiger partial charge in [-0.25, -0.2) is 0 Å². The molecule has 1 fully saturated rings. The van der Waals surface area contributed by atoms with Crippen LogP contribution in [-0.2, 0) is 23.2 Å². The quantitative estimate of drug-likeness (QED) is 0.450. The van der Waals surface area contributed by atoms with Gasteiger partial charge >= 0.3 is 6.18 Å². The Morgan fingerprint density at radius 1 is 1.10 bits per heavy atom. The summed E-state index contributed by atoms with van der Waals surface area (Å²) in [7, 11) is 1.62. The zero-order chi connectivity index (χ0) is 21.8. The molecule has 1 aliphatic rings. The van der Waals surface area contributed by atoms with Gasteiger partial charge in [0, 0.05) is 17.9 Å². The molecule has 9 heteroatoms. The fraction of sp³-hybridized carbons (Fsp3) is 0.364. The summed E-state index contributed by atoms with van der Waals surface area (Å²) in [6, 6.07) is 12.8. The molecule has 5 nitrogen and oxygen atoms in total. The number of methoxy groups -OCH3 is 1. The minimum Gasteiger partial charge on any atom is -0.497 e. The Morgan fingerprint density at radius 3 is 2.45 bits per heavy atom. The highest BCUT2D eigenvalue weighted by Gasteiger charge is 2.30. The van der Waals surface area contributed by atoms with E-state index in [-0.39, 0.29) is 6.10 Å². The van der Waals surface area contributed by atoms with Crippen LogP contribution in [0.2, 0.25) is 0 Å². The van der Waals surface area contributed by atoms with Gasteiger partial charge in [-0.1, -0.05) is 23.9 Å². The summed E-state index contributed by atoms with van der Waals surface area (Å²) in [4.78, 5) is 0. The number of nitrogens with zero attached hydrogens (tertiary/aromatic N) is 3. The van der Waals surface area contributed by atoms with Gasteiger partial charge in [0.05, 0.1) is 25.3 Å². The van der Waals surface area contributed by atoms with Crippen molar-refractivity contribution in [3.05, 3.63) is 59.7 Å². The Hall–Kier alpha value is -2.52. The largest absolute Gasteiger partial charge is 0.497 e. The zero-order valence-electron chi connectivity index (χ0n) is 16.9. The number of halogens is 3. The molecule has 1 saturated heterocycles. The maximum atomic E-state index is 12.8. The topological polar surface area (TPSA) is 49.2 Å².